The Labute approximate surface area is 136 Å². The summed E-state index contributed by atoms with van der Waals surface area (Å²) in [4.78, 5) is 2.12. The van der Waals surface area contributed by atoms with Crippen LogP contribution in [0, 0.1) is 0 Å². The molecule has 2 N–H and O–H groups in total. The van der Waals surface area contributed by atoms with Gasteiger partial charge in [0.2, 0.25) is 0 Å². The number of nitrogen functional groups attached to an aromatic ring is 1. The van der Waals surface area contributed by atoms with Gasteiger partial charge in [-0.3, -0.25) is 0 Å². The quantitative estimate of drug-likeness (QED) is 0.772. The second kappa shape index (κ2) is 6.50. The molecule has 3 nitrogen and oxygen atoms in total. The number of hydrogen-bond acceptors (Lipinski definition) is 3. The van der Waals surface area contributed by atoms with Crippen molar-refractivity contribution in [3.05, 3.63) is 50.9 Å². The summed E-state index contributed by atoms with van der Waals surface area (Å²) >= 11 is 6.92. The Morgan fingerprint density at radius 2 is 1.90 bits per heavy atom. The second-order valence-electron chi connectivity index (χ2n) is 4.53. The van der Waals surface area contributed by atoms with Crippen molar-refractivity contribution >= 4 is 43.2 Å². The van der Waals surface area contributed by atoms with Crippen molar-refractivity contribution in [1.82, 2.24) is 0 Å². The maximum absolute atomic E-state index is 6.05. The first-order valence-corrected chi connectivity index (χ1v) is 7.68. The molecule has 0 spiro atoms. The van der Waals surface area contributed by atoms with Gasteiger partial charge in [0, 0.05) is 18.1 Å². The molecule has 0 saturated heterocycles. The molecule has 0 unspecified atom stereocenters. The molecule has 20 heavy (non-hydrogen) atoms. The molecule has 0 aliphatic rings. The van der Waals surface area contributed by atoms with Gasteiger partial charge in [-0.05, 0) is 51.8 Å². The van der Waals surface area contributed by atoms with E-state index in [1.54, 1.807) is 7.11 Å². The molecule has 2 aromatic carbocycles. The monoisotopic (exact) mass is 398 g/mol. The SMILES string of the molecule is COc1ccc(CN(C)c2ccc(Br)cc2N)cc1Br. The lowest BCUT2D eigenvalue weighted by atomic mass is 10.2. The Balaban J connectivity index is 2.18. The van der Waals surface area contributed by atoms with Gasteiger partial charge >= 0.3 is 0 Å². The predicted octanol–water partition coefficient (Wildman–Crippen LogP) is 4.44. The van der Waals surface area contributed by atoms with E-state index >= 15 is 0 Å². The number of halogens is 2. The first-order chi connectivity index (χ1) is 9.51. The summed E-state index contributed by atoms with van der Waals surface area (Å²) in [7, 11) is 3.69. The molecule has 0 fully saturated rings. The van der Waals surface area contributed by atoms with Crippen LogP contribution >= 0.6 is 31.9 Å². The zero-order chi connectivity index (χ0) is 14.7. The van der Waals surface area contributed by atoms with Crippen LogP contribution in [0.25, 0.3) is 0 Å². The number of nitrogens with two attached hydrogens (primary N) is 1. The fourth-order valence-corrected chi connectivity index (χ4v) is 3.01. The third-order valence-electron chi connectivity index (χ3n) is 3.04. The fourth-order valence-electron chi connectivity index (χ4n) is 2.04. The average molecular weight is 400 g/mol. The molecule has 5 heteroatoms. The van der Waals surface area contributed by atoms with Crippen LogP contribution in [0.5, 0.6) is 5.75 Å². The number of hydrogen-bond donors (Lipinski definition) is 1. The summed E-state index contributed by atoms with van der Waals surface area (Å²) in [6.45, 7) is 0.772. The van der Waals surface area contributed by atoms with Crippen LogP contribution < -0.4 is 15.4 Å². The van der Waals surface area contributed by atoms with Crippen LogP contribution in [0.15, 0.2) is 45.3 Å². The molecule has 0 saturated carbocycles. The summed E-state index contributed by atoms with van der Waals surface area (Å²) in [5.74, 6) is 0.833. The summed E-state index contributed by atoms with van der Waals surface area (Å²) in [6, 6.07) is 12.0. The van der Waals surface area contributed by atoms with Gasteiger partial charge < -0.3 is 15.4 Å². The molecule has 0 bridgehead atoms. The van der Waals surface area contributed by atoms with E-state index in [1.165, 1.54) is 5.56 Å². The van der Waals surface area contributed by atoms with Gasteiger partial charge in [0.25, 0.3) is 0 Å². The van der Waals surface area contributed by atoms with Crippen LogP contribution in [0.3, 0.4) is 0 Å². The lowest BCUT2D eigenvalue weighted by molar-refractivity contribution is 0.412. The summed E-state index contributed by atoms with van der Waals surface area (Å²) < 4.78 is 7.18. The van der Waals surface area contributed by atoms with Gasteiger partial charge in [-0.15, -0.1) is 0 Å². The van der Waals surface area contributed by atoms with Crippen molar-refractivity contribution < 1.29 is 4.74 Å². The molecule has 0 aliphatic heterocycles. The molecule has 106 valence electrons. The Morgan fingerprint density at radius 1 is 1.15 bits per heavy atom. The van der Waals surface area contributed by atoms with Crippen LogP contribution in [-0.4, -0.2) is 14.2 Å². The molecular weight excluding hydrogens is 384 g/mol. The summed E-state index contributed by atoms with van der Waals surface area (Å²) in [5, 5.41) is 0. The highest BCUT2D eigenvalue weighted by atomic mass is 79.9. The first kappa shape index (κ1) is 15.2. The lowest BCUT2D eigenvalue weighted by Gasteiger charge is -2.21. The highest BCUT2D eigenvalue weighted by Crippen LogP contribution is 2.29. The van der Waals surface area contributed by atoms with E-state index in [2.05, 4.69) is 48.9 Å². The normalized spacial score (nSPS) is 10.4. The fraction of sp³-hybridized carbons (Fsp3) is 0.200. The Bertz CT molecular complexity index is 617. The van der Waals surface area contributed by atoms with Gasteiger partial charge in [0.15, 0.2) is 0 Å². The third-order valence-corrected chi connectivity index (χ3v) is 4.15. The topological polar surface area (TPSA) is 38.5 Å². The molecule has 0 amide bonds. The van der Waals surface area contributed by atoms with Crippen molar-refractivity contribution in [1.29, 1.82) is 0 Å². The summed E-state index contributed by atoms with van der Waals surface area (Å²) in [6.07, 6.45) is 0. The van der Waals surface area contributed by atoms with Gasteiger partial charge in [-0.25, -0.2) is 0 Å². The Morgan fingerprint density at radius 3 is 2.50 bits per heavy atom. The van der Waals surface area contributed by atoms with E-state index in [0.29, 0.717) is 0 Å². The Kier molecular flexibility index (Phi) is 4.94. The van der Waals surface area contributed by atoms with E-state index in [0.717, 1.165) is 32.6 Å². The molecule has 0 heterocycles. The second-order valence-corrected chi connectivity index (χ2v) is 6.30. The maximum atomic E-state index is 6.05. The van der Waals surface area contributed by atoms with Gasteiger partial charge in [-0.2, -0.15) is 0 Å². The third kappa shape index (κ3) is 3.46. The molecule has 0 atom stereocenters. The highest BCUT2D eigenvalue weighted by molar-refractivity contribution is 9.10. The van der Waals surface area contributed by atoms with Crippen LogP contribution in [0.2, 0.25) is 0 Å². The van der Waals surface area contributed by atoms with Gasteiger partial charge in [0.1, 0.15) is 5.75 Å². The van der Waals surface area contributed by atoms with Gasteiger partial charge in [0.05, 0.1) is 23.0 Å². The van der Waals surface area contributed by atoms with E-state index in [-0.39, 0.29) is 0 Å². The minimum atomic E-state index is 0.759. The predicted molar refractivity (Wildman–Crippen MR) is 91.4 cm³/mol. The van der Waals surface area contributed by atoms with Crippen LogP contribution in [0.1, 0.15) is 5.56 Å². The number of ether oxygens (including phenoxy) is 1. The smallest absolute Gasteiger partial charge is 0.133 e. The summed E-state index contributed by atoms with van der Waals surface area (Å²) in [5.41, 5.74) is 9.01. The van der Waals surface area contributed by atoms with Crippen molar-refractivity contribution in [2.75, 3.05) is 24.8 Å². The van der Waals surface area contributed by atoms with Crippen molar-refractivity contribution in [3.63, 3.8) is 0 Å². The minimum Gasteiger partial charge on any atom is -0.496 e. The number of rotatable bonds is 4. The molecule has 0 aromatic heterocycles. The Hall–Kier alpha value is -1.20. The molecule has 2 aromatic rings. The van der Waals surface area contributed by atoms with Crippen molar-refractivity contribution in [2.45, 2.75) is 6.54 Å². The number of nitrogens with zero attached hydrogens (tertiary/aromatic N) is 1. The molecule has 0 radical (unpaired) electrons. The van der Waals surface area contributed by atoms with Crippen molar-refractivity contribution in [2.24, 2.45) is 0 Å². The average Bonchev–Trinajstić information content (AvgIpc) is 2.38. The lowest BCUT2D eigenvalue weighted by Crippen LogP contribution is -2.17. The first-order valence-electron chi connectivity index (χ1n) is 6.10. The highest BCUT2D eigenvalue weighted by Gasteiger charge is 2.08. The molecule has 2 rings (SSSR count). The minimum absolute atomic E-state index is 0.759. The number of anilines is 2. The van der Waals surface area contributed by atoms with Gasteiger partial charge in [-0.1, -0.05) is 22.0 Å². The van der Waals surface area contributed by atoms with E-state index in [9.17, 15) is 0 Å². The zero-order valence-electron chi connectivity index (χ0n) is 11.4. The zero-order valence-corrected chi connectivity index (χ0v) is 14.5. The maximum Gasteiger partial charge on any atom is 0.133 e. The number of methoxy groups -OCH3 is 1. The van der Waals surface area contributed by atoms with Crippen molar-refractivity contribution in [3.8, 4) is 5.75 Å². The van der Waals surface area contributed by atoms with E-state index in [1.807, 2.05) is 31.3 Å². The van der Waals surface area contributed by atoms with E-state index < -0.39 is 0 Å². The van der Waals surface area contributed by atoms with E-state index in [4.69, 9.17) is 10.5 Å². The van der Waals surface area contributed by atoms with Crippen LogP contribution in [-0.2, 0) is 6.54 Å². The number of benzene rings is 2. The standard InChI is InChI=1S/C15H16Br2N2O/c1-19(14-5-4-11(16)8-13(14)18)9-10-3-6-15(20-2)12(17)7-10/h3-8H,9,18H2,1-2H3. The molecular formula is C15H16Br2N2O. The molecule has 0 aliphatic carbocycles. The van der Waals surface area contributed by atoms with Crippen LogP contribution in [0.4, 0.5) is 11.4 Å². The largest absolute Gasteiger partial charge is 0.496 e.